The molecule has 2 rings (SSSR count). The highest BCUT2D eigenvalue weighted by molar-refractivity contribution is 6.04. The Labute approximate surface area is 117 Å². The van der Waals surface area contributed by atoms with Crippen LogP contribution in [0.1, 0.15) is 21.6 Å². The van der Waals surface area contributed by atoms with Gasteiger partial charge < -0.3 is 11.1 Å². The summed E-state index contributed by atoms with van der Waals surface area (Å²) in [5.41, 5.74) is 7.75. The van der Waals surface area contributed by atoms with E-state index >= 15 is 0 Å². The Balaban J connectivity index is 2.28. The van der Waals surface area contributed by atoms with Gasteiger partial charge in [0.25, 0.3) is 5.91 Å². The van der Waals surface area contributed by atoms with E-state index in [1.54, 1.807) is 30.7 Å². The van der Waals surface area contributed by atoms with Crippen LogP contribution in [0.2, 0.25) is 0 Å². The zero-order valence-electron chi connectivity index (χ0n) is 11.1. The van der Waals surface area contributed by atoms with Crippen LogP contribution in [0.25, 0.3) is 0 Å². The number of anilines is 1. The molecule has 2 aromatic heterocycles. The molecule has 0 aliphatic rings. The van der Waals surface area contributed by atoms with Gasteiger partial charge in [-0.2, -0.15) is 0 Å². The number of carbonyl (C=O) groups excluding carboxylic acids is 1. The zero-order chi connectivity index (χ0) is 14.4. The molecule has 1 amide bonds. The van der Waals surface area contributed by atoms with E-state index in [2.05, 4.69) is 27.1 Å². The number of aryl methyl sites for hydroxylation is 1. The van der Waals surface area contributed by atoms with E-state index in [0.29, 0.717) is 11.3 Å². The smallest absolute Gasteiger partial charge is 0.275 e. The summed E-state index contributed by atoms with van der Waals surface area (Å²) < 4.78 is 0. The van der Waals surface area contributed by atoms with Crippen molar-refractivity contribution in [1.82, 2.24) is 9.97 Å². The van der Waals surface area contributed by atoms with Crippen molar-refractivity contribution < 1.29 is 4.79 Å². The molecular weight excluding hydrogens is 252 g/mol. The third-order valence-corrected chi connectivity index (χ3v) is 2.64. The van der Waals surface area contributed by atoms with E-state index in [1.165, 1.54) is 0 Å². The predicted octanol–water partition coefficient (Wildman–Crippen LogP) is 1.35. The predicted molar refractivity (Wildman–Crippen MR) is 77.1 cm³/mol. The average molecular weight is 266 g/mol. The second kappa shape index (κ2) is 6.45. The molecule has 0 aliphatic carbocycles. The number of nitrogens with two attached hydrogens (primary N) is 1. The molecule has 0 bridgehead atoms. The summed E-state index contributed by atoms with van der Waals surface area (Å²) >= 11 is 0. The minimum absolute atomic E-state index is 0.234. The van der Waals surface area contributed by atoms with Gasteiger partial charge in [0.1, 0.15) is 5.69 Å². The molecule has 0 atom stereocenters. The van der Waals surface area contributed by atoms with Gasteiger partial charge in [-0.25, -0.2) is 4.98 Å². The summed E-state index contributed by atoms with van der Waals surface area (Å²) in [5.74, 6) is 5.24. The van der Waals surface area contributed by atoms with E-state index in [1.807, 2.05) is 13.0 Å². The molecule has 2 heterocycles. The van der Waals surface area contributed by atoms with Gasteiger partial charge in [0, 0.05) is 12.4 Å². The maximum absolute atomic E-state index is 12.2. The minimum atomic E-state index is -0.317. The lowest BCUT2D eigenvalue weighted by Crippen LogP contribution is -2.16. The third kappa shape index (κ3) is 3.19. The average Bonchev–Trinajstić information content (AvgIpc) is 2.47. The van der Waals surface area contributed by atoms with Crippen LogP contribution in [-0.4, -0.2) is 22.4 Å². The van der Waals surface area contributed by atoms with Crippen molar-refractivity contribution in [3.63, 3.8) is 0 Å². The number of rotatable bonds is 2. The first kappa shape index (κ1) is 13.7. The van der Waals surface area contributed by atoms with Crippen LogP contribution in [0, 0.1) is 18.8 Å². The maximum Gasteiger partial charge on any atom is 0.275 e. The van der Waals surface area contributed by atoms with Crippen LogP contribution in [0.3, 0.4) is 0 Å². The monoisotopic (exact) mass is 266 g/mol. The number of pyridine rings is 2. The van der Waals surface area contributed by atoms with Gasteiger partial charge in [0.15, 0.2) is 0 Å². The fourth-order valence-electron chi connectivity index (χ4n) is 1.61. The van der Waals surface area contributed by atoms with Crippen molar-refractivity contribution in [2.45, 2.75) is 6.92 Å². The molecule has 5 heteroatoms. The largest absolute Gasteiger partial charge is 0.320 e. The summed E-state index contributed by atoms with van der Waals surface area (Å²) in [6.45, 7) is 2.13. The quantitative estimate of drug-likeness (QED) is 0.804. The Morgan fingerprint density at radius 3 is 3.00 bits per heavy atom. The van der Waals surface area contributed by atoms with Gasteiger partial charge in [-0.1, -0.05) is 11.8 Å². The van der Waals surface area contributed by atoms with E-state index in [4.69, 9.17) is 5.73 Å². The van der Waals surface area contributed by atoms with Gasteiger partial charge in [0.2, 0.25) is 0 Å². The molecule has 5 nitrogen and oxygen atoms in total. The van der Waals surface area contributed by atoms with E-state index in [9.17, 15) is 4.79 Å². The molecule has 0 saturated carbocycles. The lowest BCUT2D eigenvalue weighted by Gasteiger charge is -2.07. The Kier molecular flexibility index (Phi) is 4.43. The van der Waals surface area contributed by atoms with Crippen molar-refractivity contribution in [2.75, 3.05) is 11.9 Å². The second-order valence-corrected chi connectivity index (χ2v) is 4.05. The number of amides is 1. The van der Waals surface area contributed by atoms with Gasteiger partial charge >= 0.3 is 0 Å². The van der Waals surface area contributed by atoms with Crippen molar-refractivity contribution >= 4 is 11.6 Å². The van der Waals surface area contributed by atoms with Crippen LogP contribution in [0.4, 0.5) is 5.69 Å². The van der Waals surface area contributed by atoms with Crippen molar-refractivity contribution in [1.29, 1.82) is 0 Å². The highest BCUT2D eigenvalue weighted by Crippen LogP contribution is 2.13. The van der Waals surface area contributed by atoms with Crippen LogP contribution in [-0.2, 0) is 0 Å². The van der Waals surface area contributed by atoms with Crippen LogP contribution < -0.4 is 11.1 Å². The number of nitrogens with one attached hydrogen (secondary N) is 1. The summed E-state index contributed by atoms with van der Waals surface area (Å²) in [7, 11) is 0. The minimum Gasteiger partial charge on any atom is -0.320 e. The van der Waals surface area contributed by atoms with E-state index < -0.39 is 0 Å². The molecule has 3 N–H and O–H groups in total. The summed E-state index contributed by atoms with van der Waals surface area (Å²) in [6.07, 6.45) is 4.82. The molecule has 2 aromatic rings. The first-order valence-corrected chi connectivity index (χ1v) is 6.08. The highest BCUT2D eigenvalue weighted by Gasteiger charge is 2.12. The molecule has 0 spiro atoms. The van der Waals surface area contributed by atoms with Gasteiger partial charge in [-0.3, -0.25) is 9.78 Å². The number of nitrogens with zero attached hydrogens (tertiary/aromatic N) is 2. The van der Waals surface area contributed by atoms with E-state index in [0.717, 1.165) is 5.56 Å². The molecule has 0 radical (unpaired) electrons. The summed E-state index contributed by atoms with van der Waals surface area (Å²) in [4.78, 5) is 20.3. The molecule has 0 saturated heterocycles. The highest BCUT2D eigenvalue weighted by atomic mass is 16.1. The Bertz CT molecular complexity index is 686. The maximum atomic E-state index is 12.2. The molecule has 0 aromatic carbocycles. The number of carbonyl (C=O) groups is 1. The number of hydrogen-bond acceptors (Lipinski definition) is 4. The Morgan fingerprint density at radius 1 is 1.40 bits per heavy atom. The van der Waals surface area contributed by atoms with Gasteiger partial charge in [-0.05, 0) is 30.7 Å². The lowest BCUT2D eigenvalue weighted by atomic mass is 10.1. The molecule has 0 fully saturated rings. The molecule has 20 heavy (non-hydrogen) atoms. The lowest BCUT2D eigenvalue weighted by molar-refractivity contribution is 0.102. The Hall–Kier alpha value is -2.71. The third-order valence-electron chi connectivity index (χ3n) is 2.64. The van der Waals surface area contributed by atoms with E-state index in [-0.39, 0.29) is 18.1 Å². The van der Waals surface area contributed by atoms with Crippen molar-refractivity contribution in [2.24, 2.45) is 5.73 Å². The fourth-order valence-corrected chi connectivity index (χ4v) is 1.61. The fraction of sp³-hybridized carbons (Fsp3) is 0.133. The molecule has 0 unspecified atom stereocenters. The molecular formula is C15H14N4O. The topological polar surface area (TPSA) is 80.9 Å². The van der Waals surface area contributed by atoms with Crippen molar-refractivity contribution in [3.05, 3.63) is 53.6 Å². The van der Waals surface area contributed by atoms with Crippen molar-refractivity contribution in [3.8, 4) is 11.8 Å². The second-order valence-electron chi connectivity index (χ2n) is 4.05. The first-order chi connectivity index (χ1) is 9.72. The van der Waals surface area contributed by atoms with Crippen LogP contribution >= 0.6 is 0 Å². The van der Waals surface area contributed by atoms with Crippen LogP contribution in [0.15, 0.2) is 36.8 Å². The van der Waals surface area contributed by atoms with Crippen LogP contribution in [0.5, 0.6) is 0 Å². The SMILES string of the molecule is Cc1ccncc1NC(=O)c1ncccc1C#CCN. The molecule has 100 valence electrons. The molecule has 0 aliphatic heterocycles. The van der Waals surface area contributed by atoms with Gasteiger partial charge in [-0.15, -0.1) is 0 Å². The Morgan fingerprint density at radius 2 is 2.25 bits per heavy atom. The standard InChI is InChI=1S/C15H14N4O/c1-11-6-9-17-10-13(11)19-15(20)14-12(4-2-7-16)5-3-8-18-14/h3,5-6,8-10H,7,16H2,1H3,(H,19,20). The normalized spacial score (nSPS) is 9.50. The first-order valence-electron chi connectivity index (χ1n) is 6.08. The number of hydrogen-bond donors (Lipinski definition) is 2. The summed E-state index contributed by atoms with van der Waals surface area (Å²) in [6, 6.07) is 5.29. The van der Waals surface area contributed by atoms with Gasteiger partial charge in [0.05, 0.1) is 24.0 Å². The zero-order valence-corrected chi connectivity index (χ0v) is 11.1. The number of aromatic nitrogens is 2. The summed E-state index contributed by atoms with van der Waals surface area (Å²) in [5, 5.41) is 2.78.